The molecule has 2 aliphatic rings. The summed E-state index contributed by atoms with van der Waals surface area (Å²) in [5, 5.41) is 87.2. The lowest BCUT2D eigenvalue weighted by molar-refractivity contribution is 0.0396. The zero-order chi connectivity index (χ0) is 29.0. The van der Waals surface area contributed by atoms with E-state index in [9.17, 15) is 50.4 Å². The molecule has 2 atom stereocenters. The second-order valence-electron chi connectivity index (χ2n) is 11.5. The summed E-state index contributed by atoms with van der Waals surface area (Å²) in [5.74, 6) is -4.73. The van der Waals surface area contributed by atoms with Crippen LogP contribution in [0, 0.1) is 0 Å². The van der Waals surface area contributed by atoms with Gasteiger partial charge in [0.25, 0.3) is 0 Å². The Labute approximate surface area is 226 Å². The molecule has 4 aromatic rings. The maximum atomic E-state index is 12.8. The molecule has 0 spiro atoms. The van der Waals surface area contributed by atoms with Crippen LogP contribution in [0.15, 0.2) is 24.3 Å². The fourth-order valence-electron chi connectivity index (χ4n) is 6.33. The molecule has 0 heterocycles. The molecular formula is C30H26O10. The lowest BCUT2D eigenvalue weighted by Gasteiger charge is -2.30. The molecule has 4 aromatic carbocycles. The fraction of sp³-hybridized carbons (Fsp3) is 0.267. The molecule has 0 radical (unpaired) electrons. The van der Waals surface area contributed by atoms with Crippen LogP contribution in [0.2, 0.25) is 0 Å². The van der Waals surface area contributed by atoms with E-state index in [4.69, 9.17) is 0 Å². The van der Waals surface area contributed by atoms with Gasteiger partial charge in [0.05, 0.1) is 38.8 Å². The van der Waals surface area contributed by atoms with Crippen LogP contribution in [0.1, 0.15) is 58.5 Å². The molecule has 0 aliphatic heterocycles. The zero-order valence-electron chi connectivity index (χ0n) is 21.5. The van der Waals surface area contributed by atoms with Gasteiger partial charge in [-0.3, -0.25) is 9.59 Å². The highest BCUT2D eigenvalue weighted by Crippen LogP contribution is 2.55. The summed E-state index contributed by atoms with van der Waals surface area (Å²) in [4.78, 5) is 25.4. The van der Waals surface area contributed by atoms with Crippen LogP contribution in [0.25, 0.3) is 32.7 Å². The number of hydrogen-bond donors (Lipinski definition) is 8. The summed E-state index contributed by atoms with van der Waals surface area (Å²) in [6.07, 6.45) is -0.419. The summed E-state index contributed by atoms with van der Waals surface area (Å²) in [7, 11) is 0. The number of Topliss-reactive ketones (excluding diaryl/α,β-unsaturated/α-hetero) is 2. The van der Waals surface area contributed by atoms with Crippen molar-refractivity contribution in [2.45, 2.75) is 50.7 Å². The highest BCUT2D eigenvalue weighted by Gasteiger charge is 2.38. The van der Waals surface area contributed by atoms with Crippen LogP contribution in [-0.2, 0) is 12.8 Å². The maximum Gasteiger partial charge on any atom is 0.169 e. The molecule has 0 aromatic heterocycles. The maximum absolute atomic E-state index is 12.8. The van der Waals surface area contributed by atoms with Crippen molar-refractivity contribution >= 4 is 33.1 Å². The monoisotopic (exact) mass is 546 g/mol. The SMILES string of the molecule is CC1(O)CC(=O)c2c(cc3c(O)c(-c4c(O)cc5cc6c(c(O)c5c4O)C(=O)CC(C)(O)C6)c(O)cc3c2O)C1. The molecule has 40 heavy (non-hydrogen) atoms. The van der Waals surface area contributed by atoms with E-state index in [1.807, 2.05) is 0 Å². The second-order valence-corrected chi connectivity index (χ2v) is 11.5. The van der Waals surface area contributed by atoms with Gasteiger partial charge in [-0.25, -0.2) is 0 Å². The third-order valence-corrected chi connectivity index (χ3v) is 7.92. The minimum Gasteiger partial charge on any atom is -0.507 e. The number of benzene rings is 4. The van der Waals surface area contributed by atoms with Gasteiger partial charge in [0, 0.05) is 36.5 Å². The normalized spacial score (nSPS) is 22.5. The van der Waals surface area contributed by atoms with E-state index in [0.29, 0.717) is 5.56 Å². The van der Waals surface area contributed by atoms with Gasteiger partial charge in [-0.05, 0) is 54.6 Å². The molecule has 10 heteroatoms. The first-order valence-electron chi connectivity index (χ1n) is 12.6. The lowest BCUT2D eigenvalue weighted by Crippen LogP contribution is -2.35. The predicted octanol–water partition coefficient (Wildman–Crippen LogP) is 3.65. The van der Waals surface area contributed by atoms with Gasteiger partial charge in [-0.2, -0.15) is 0 Å². The molecule has 0 amide bonds. The van der Waals surface area contributed by atoms with Crippen molar-refractivity contribution in [3.63, 3.8) is 0 Å². The first-order valence-corrected chi connectivity index (χ1v) is 12.6. The summed E-state index contributed by atoms with van der Waals surface area (Å²) < 4.78 is 0. The van der Waals surface area contributed by atoms with Crippen molar-refractivity contribution in [2.75, 3.05) is 0 Å². The molecule has 0 saturated carbocycles. The molecule has 2 unspecified atom stereocenters. The molecular weight excluding hydrogens is 520 g/mol. The van der Waals surface area contributed by atoms with Crippen molar-refractivity contribution in [3.8, 4) is 45.6 Å². The smallest absolute Gasteiger partial charge is 0.169 e. The van der Waals surface area contributed by atoms with E-state index in [1.54, 1.807) is 0 Å². The van der Waals surface area contributed by atoms with E-state index in [0.717, 1.165) is 6.07 Å². The van der Waals surface area contributed by atoms with Gasteiger partial charge >= 0.3 is 0 Å². The second kappa shape index (κ2) is 8.00. The Morgan fingerprint density at radius 3 is 1.57 bits per heavy atom. The lowest BCUT2D eigenvalue weighted by atomic mass is 9.78. The number of ketones is 2. The van der Waals surface area contributed by atoms with Gasteiger partial charge in [0.2, 0.25) is 0 Å². The van der Waals surface area contributed by atoms with Gasteiger partial charge in [-0.15, -0.1) is 0 Å². The Bertz CT molecular complexity index is 1850. The molecule has 0 saturated heterocycles. The Hall–Kier alpha value is -4.54. The molecule has 206 valence electrons. The average Bonchev–Trinajstić information content (AvgIpc) is 2.79. The van der Waals surface area contributed by atoms with E-state index < -0.39 is 68.4 Å². The van der Waals surface area contributed by atoms with Crippen LogP contribution in [0.5, 0.6) is 34.5 Å². The molecule has 6 rings (SSSR count). The summed E-state index contributed by atoms with van der Waals surface area (Å²) >= 11 is 0. The fourth-order valence-corrected chi connectivity index (χ4v) is 6.33. The summed E-state index contributed by atoms with van der Waals surface area (Å²) in [5.41, 5.74) is -3.09. The van der Waals surface area contributed by atoms with Crippen LogP contribution in [0.4, 0.5) is 0 Å². The number of hydrogen-bond acceptors (Lipinski definition) is 10. The Morgan fingerprint density at radius 1 is 0.550 bits per heavy atom. The minimum absolute atomic E-state index is 0.000402. The third kappa shape index (κ3) is 3.56. The topological polar surface area (TPSA) is 196 Å². The van der Waals surface area contributed by atoms with Gasteiger partial charge < -0.3 is 40.9 Å². The third-order valence-electron chi connectivity index (χ3n) is 7.92. The van der Waals surface area contributed by atoms with Crippen molar-refractivity contribution < 1.29 is 50.4 Å². The van der Waals surface area contributed by atoms with E-state index in [-0.39, 0.29) is 63.9 Å². The van der Waals surface area contributed by atoms with Gasteiger partial charge in [-0.1, -0.05) is 0 Å². The first-order chi connectivity index (χ1) is 18.6. The standard InChI is InChI=1S/C30H26O10/c1-29(39)7-12-3-11-5-16(31)24(28(38)22(11)27(37)21(12)19(34)10-29)23-17(32)6-15-14(26(23)36)4-13-8-30(2,40)9-18(33)20(13)25(15)35/h3-6,31-32,35-40H,7-10H2,1-2H3. The van der Waals surface area contributed by atoms with Crippen LogP contribution in [-0.4, -0.2) is 63.6 Å². The number of phenolic OH excluding ortho intramolecular Hbond substituents is 6. The van der Waals surface area contributed by atoms with Crippen LogP contribution < -0.4 is 0 Å². The highest BCUT2D eigenvalue weighted by molar-refractivity contribution is 6.14. The zero-order valence-corrected chi connectivity index (χ0v) is 21.5. The number of carbonyl (C=O) groups excluding carboxylic acids is 2. The van der Waals surface area contributed by atoms with Crippen molar-refractivity contribution in [1.29, 1.82) is 0 Å². The Morgan fingerprint density at radius 2 is 0.975 bits per heavy atom. The number of aliphatic hydroxyl groups is 2. The number of aromatic hydroxyl groups is 6. The van der Waals surface area contributed by atoms with E-state index in [2.05, 4.69) is 0 Å². The van der Waals surface area contributed by atoms with E-state index in [1.165, 1.54) is 32.0 Å². The molecule has 8 N–H and O–H groups in total. The van der Waals surface area contributed by atoms with Crippen molar-refractivity contribution in [2.24, 2.45) is 0 Å². The molecule has 10 nitrogen and oxygen atoms in total. The number of phenols is 6. The molecule has 0 fully saturated rings. The van der Waals surface area contributed by atoms with Gasteiger partial charge in [0.1, 0.15) is 34.5 Å². The largest absolute Gasteiger partial charge is 0.507 e. The Balaban J connectivity index is 1.64. The summed E-state index contributed by atoms with van der Waals surface area (Å²) in [6.45, 7) is 2.96. The van der Waals surface area contributed by atoms with Crippen LogP contribution in [0.3, 0.4) is 0 Å². The molecule has 0 bridgehead atoms. The predicted molar refractivity (Wildman–Crippen MR) is 143 cm³/mol. The first kappa shape index (κ1) is 25.7. The Kier molecular flexibility index (Phi) is 5.14. The molecule has 2 aliphatic carbocycles. The summed E-state index contributed by atoms with van der Waals surface area (Å²) in [6, 6.07) is 5.11. The van der Waals surface area contributed by atoms with Crippen LogP contribution >= 0.6 is 0 Å². The highest BCUT2D eigenvalue weighted by atomic mass is 16.3. The van der Waals surface area contributed by atoms with Crippen molar-refractivity contribution in [3.05, 3.63) is 46.5 Å². The van der Waals surface area contributed by atoms with Gasteiger partial charge in [0.15, 0.2) is 11.6 Å². The average molecular weight is 547 g/mol. The number of fused-ring (bicyclic) bond motifs is 4. The quantitative estimate of drug-likeness (QED) is 0.174. The minimum atomic E-state index is -1.38. The van der Waals surface area contributed by atoms with E-state index >= 15 is 0 Å². The number of carbonyl (C=O) groups is 2. The number of rotatable bonds is 1. The van der Waals surface area contributed by atoms with Crippen molar-refractivity contribution in [1.82, 2.24) is 0 Å².